The molecule has 1 spiro atoms. The number of carbonyl (C=O) groups is 10. The number of amides is 4. The largest absolute Gasteiger partial charge is 0.481 e. The fourth-order valence-electron chi connectivity index (χ4n) is 8.78. The fraction of sp³-hybridized carbons (Fsp3) is 0.714. The van der Waals surface area contributed by atoms with E-state index in [4.69, 9.17) is 0 Å². The minimum atomic E-state index is -1.16. The third-order valence-electron chi connectivity index (χ3n) is 12.4. The molecule has 4 amide bonds. The monoisotopic (exact) mass is 1080 g/mol. The van der Waals surface area contributed by atoms with Gasteiger partial charge in [-0.2, -0.15) is 11.8 Å². The number of unbranched alkanes of at least 4 members (excludes halogenated alkanes) is 1. The molecule has 4 rings (SSSR count). The summed E-state index contributed by atoms with van der Waals surface area (Å²) < 4.78 is 0. The van der Waals surface area contributed by atoms with E-state index in [2.05, 4.69) is 5.32 Å². The first-order valence-electron chi connectivity index (χ1n) is 21.8. The smallest absolute Gasteiger partial charge is 0.317 e. The Bertz CT molecular complexity index is 1720. The van der Waals surface area contributed by atoms with Crippen LogP contribution in [0.3, 0.4) is 0 Å². The number of nitrogens with zero attached hydrogens (tertiary/aromatic N) is 6. The average Bonchev–Trinajstić information content (AvgIpc) is 3.51. The first kappa shape index (κ1) is 55.9. The number of hydrogen-bond donors (Lipinski definition) is 5. The second kappa shape index (κ2) is 27.4. The van der Waals surface area contributed by atoms with Crippen molar-refractivity contribution in [2.24, 2.45) is 23.2 Å². The molecule has 23 heteroatoms. The topological polar surface area (TPSA) is 283 Å². The number of likely N-dealkylation sites (tertiary alicyclic amines) is 1. The summed E-state index contributed by atoms with van der Waals surface area (Å²) in [6.07, 6.45) is 6.36. The fourth-order valence-corrected chi connectivity index (χ4v) is 9.31. The van der Waals surface area contributed by atoms with Gasteiger partial charge in [-0.05, 0) is 44.1 Å². The molecule has 1 saturated carbocycles. The van der Waals surface area contributed by atoms with Crippen molar-refractivity contribution < 1.29 is 108 Å². The number of nitrogens with one attached hydrogen (secondary N) is 1. The van der Waals surface area contributed by atoms with Crippen LogP contribution in [-0.4, -0.2) is 226 Å². The molecule has 3 aliphatic heterocycles. The molecule has 2 saturated heterocycles. The number of aliphatic carboxylic acids is 4. The van der Waals surface area contributed by atoms with Crippen LogP contribution in [0.1, 0.15) is 51.4 Å². The molecule has 2 atom stereocenters. The summed E-state index contributed by atoms with van der Waals surface area (Å²) in [5, 5.41) is 40.7. The molecule has 4 aliphatic rings. The molecule has 0 aromatic carbocycles. The van der Waals surface area contributed by atoms with E-state index in [1.54, 1.807) is 19.6 Å². The van der Waals surface area contributed by atoms with E-state index in [1.165, 1.54) is 23.9 Å². The van der Waals surface area contributed by atoms with Gasteiger partial charge >= 0.3 is 23.9 Å². The van der Waals surface area contributed by atoms with Crippen molar-refractivity contribution >= 4 is 70.8 Å². The van der Waals surface area contributed by atoms with E-state index in [9.17, 15) is 68.4 Å². The second-order valence-corrected chi connectivity index (χ2v) is 18.4. The van der Waals surface area contributed by atoms with Crippen molar-refractivity contribution in [3.63, 3.8) is 0 Å². The predicted octanol–water partition coefficient (Wildman–Crippen LogP) is -1.10. The summed E-state index contributed by atoms with van der Waals surface area (Å²) >= 11 is 1.52. The number of carboxylic acid groups (broad SMARTS) is 4. The Morgan fingerprint density at radius 1 is 0.692 bits per heavy atom. The Morgan fingerprint density at radius 2 is 1.17 bits per heavy atom. The number of rotatable bonds is 25. The summed E-state index contributed by atoms with van der Waals surface area (Å²) in [7, 11) is 0. The minimum Gasteiger partial charge on any atom is -0.481 e. The van der Waals surface area contributed by atoms with Gasteiger partial charge < -0.3 is 30.6 Å². The number of carboxylic acids is 4. The van der Waals surface area contributed by atoms with Crippen molar-refractivity contribution in [3.05, 3.63) is 12.2 Å². The predicted molar refractivity (Wildman–Crippen MR) is 230 cm³/mol. The van der Waals surface area contributed by atoms with E-state index in [0.29, 0.717) is 77.1 Å². The van der Waals surface area contributed by atoms with E-state index in [0.717, 1.165) is 4.90 Å². The average molecular weight is 1080 g/mol. The maximum atomic E-state index is 13.5. The zero-order valence-electron chi connectivity index (χ0n) is 36.9. The zero-order valence-corrected chi connectivity index (χ0v) is 40.0. The third kappa shape index (κ3) is 18.6. The van der Waals surface area contributed by atoms with E-state index in [-0.39, 0.29) is 148 Å². The van der Waals surface area contributed by atoms with Gasteiger partial charge in [-0.15, -0.1) is 0 Å². The van der Waals surface area contributed by atoms with Crippen molar-refractivity contribution in [3.8, 4) is 0 Å². The van der Waals surface area contributed by atoms with Crippen LogP contribution >= 0.6 is 11.8 Å². The first-order valence-corrected chi connectivity index (χ1v) is 23.2. The third-order valence-corrected chi connectivity index (χ3v) is 13.1. The Morgan fingerprint density at radius 3 is 1.62 bits per heavy atom. The molecule has 0 radical (unpaired) electrons. The molecule has 364 valence electrons. The Labute approximate surface area is 414 Å². The molecule has 3 fully saturated rings. The van der Waals surface area contributed by atoms with Crippen molar-refractivity contribution in [2.45, 2.75) is 51.4 Å². The van der Waals surface area contributed by atoms with E-state index < -0.39 is 59.2 Å². The summed E-state index contributed by atoms with van der Waals surface area (Å²) in [4.78, 5) is 133. The van der Waals surface area contributed by atoms with Crippen LogP contribution < -0.4 is 5.32 Å². The van der Waals surface area contributed by atoms with Crippen LogP contribution in [0, 0.1) is 63.1 Å². The molecule has 0 aromatic heterocycles. The minimum absolute atomic E-state index is 0. The maximum absolute atomic E-state index is 13.5. The van der Waals surface area contributed by atoms with Gasteiger partial charge in [0, 0.05) is 154 Å². The number of Topliss-reactive ketones (excluding diaryl/α,β-unsaturated/α-hetero) is 2. The molecule has 5 N–H and O–H groups in total. The second-order valence-electron chi connectivity index (χ2n) is 17.4. The Hall–Kier alpha value is -3.45. The van der Waals surface area contributed by atoms with Crippen LogP contribution in [0.4, 0.5) is 0 Å². The molecule has 65 heavy (non-hydrogen) atoms. The van der Waals surface area contributed by atoms with E-state index >= 15 is 0 Å². The molecule has 1 aliphatic carbocycles. The number of thioether (sulfide) groups is 1. The number of imide groups is 1. The van der Waals surface area contributed by atoms with Crippen molar-refractivity contribution in [1.82, 2.24) is 34.7 Å². The standard InChI is InChI=1S/C42H63N7O14S.Gd/c1-64-17-7-29(40(61)43-22-32(50)18-30(41(62)63)4-2-3-8-49-34(52)5-6-35(49)53)19-33(51)31-20-42(21-31)27-48(28-42)36(54)23-44-9-11-45(24-37(55)56)13-15-47(26-39(59)60)16-14-46(12-10-44)25-38(57)58;/h5-6,29-31H,2-4,7-28H2,1H3,(H,43,61)(H,55,56)(H,57,58)(H,59,60)(H,62,63);/t29-,30-;/m1./s1. The number of carbonyl (C=O) groups excluding carboxylic acids is 6. The molecule has 0 aromatic rings. The van der Waals surface area contributed by atoms with Gasteiger partial charge in [0.2, 0.25) is 11.8 Å². The normalized spacial score (nSPS) is 19.8. The number of hydrogen-bond acceptors (Lipinski definition) is 15. The van der Waals surface area contributed by atoms with Gasteiger partial charge in [-0.3, -0.25) is 72.4 Å². The quantitative estimate of drug-likeness (QED) is 0.0536. The van der Waals surface area contributed by atoms with Gasteiger partial charge in [0.1, 0.15) is 5.78 Å². The van der Waals surface area contributed by atoms with Gasteiger partial charge in [0.15, 0.2) is 5.78 Å². The molecular weight excluding hydrogens is 1020 g/mol. The molecule has 0 bridgehead atoms. The van der Waals surface area contributed by atoms with Crippen LogP contribution in [0.5, 0.6) is 0 Å². The van der Waals surface area contributed by atoms with Crippen LogP contribution in [0.25, 0.3) is 0 Å². The van der Waals surface area contributed by atoms with E-state index in [1.807, 2.05) is 11.2 Å². The zero-order chi connectivity index (χ0) is 47.0. The Balaban J connectivity index is 0.0000112. The van der Waals surface area contributed by atoms with Crippen LogP contribution in [0.2, 0.25) is 0 Å². The van der Waals surface area contributed by atoms with Crippen LogP contribution in [0.15, 0.2) is 12.2 Å². The SMILES string of the molecule is CSCC[C@H](CC(=O)C1CC2(C1)CN(C(=O)CN1CCN(CC(=O)O)CCN(CC(=O)O)CCN(CC(=O)O)CC1)C2)C(=O)NCC(=O)C[C@@H](CCCCN1C(=O)C=CC1=O)C(=O)O.[Gd]. The van der Waals surface area contributed by atoms with Gasteiger partial charge in [-0.1, -0.05) is 6.42 Å². The Kier molecular flexibility index (Phi) is 23.5. The van der Waals surface area contributed by atoms with Crippen molar-refractivity contribution in [1.29, 1.82) is 0 Å². The summed E-state index contributed by atoms with van der Waals surface area (Å²) in [5.74, 6) is -7.60. The first-order chi connectivity index (χ1) is 30.4. The van der Waals surface area contributed by atoms with Crippen LogP contribution in [-0.2, 0) is 47.9 Å². The van der Waals surface area contributed by atoms with Crippen molar-refractivity contribution in [2.75, 3.05) is 117 Å². The maximum Gasteiger partial charge on any atom is 0.317 e. The number of ketones is 2. The summed E-state index contributed by atoms with van der Waals surface area (Å²) in [5.41, 5.74) is -0.208. The molecule has 3 heterocycles. The van der Waals surface area contributed by atoms with Gasteiger partial charge in [0.05, 0.1) is 38.6 Å². The van der Waals surface area contributed by atoms with Gasteiger partial charge in [0.25, 0.3) is 11.8 Å². The molecular formula is C42H63GdN7O14S. The molecule has 0 unspecified atom stereocenters. The molecule has 21 nitrogen and oxygen atoms in total. The summed E-state index contributed by atoms with van der Waals surface area (Å²) in [6, 6.07) is 0. The van der Waals surface area contributed by atoms with Gasteiger partial charge in [-0.25, -0.2) is 0 Å². The summed E-state index contributed by atoms with van der Waals surface area (Å²) in [6.45, 7) is 2.21.